The van der Waals surface area contributed by atoms with E-state index in [2.05, 4.69) is 5.10 Å². The van der Waals surface area contributed by atoms with Crippen molar-refractivity contribution in [2.75, 3.05) is 14.1 Å². The van der Waals surface area contributed by atoms with Gasteiger partial charge in [-0.3, -0.25) is 9.48 Å². The smallest absolute Gasteiger partial charge is 0.271 e. The molecule has 13 heavy (non-hydrogen) atoms. The van der Waals surface area contributed by atoms with Gasteiger partial charge in [0, 0.05) is 20.6 Å². The molecule has 0 saturated carbocycles. The molecule has 0 aromatic carbocycles. The average molecular weight is 181 g/mol. The molecule has 1 amide bonds. The normalized spacial score (nSPS) is 10.2. The van der Waals surface area contributed by atoms with E-state index in [-0.39, 0.29) is 5.91 Å². The van der Waals surface area contributed by atoms with E-state index >= 15 is 0 Å². The number of aromatic nitrogens is 2. The summed E-state index contributed by atoms with van der Waals surface area (Å²) in [5.74, 6) is 0.00227. The maximum atomic E-state index is 11.6. The summed E-state index contributed by atoms with van der Waals surface area (Å²) in [5, 5.41) is 4.20. The largest absolute Gasteiger partial charge is 0.343 e. The summed E-state index contributed by atoms with van der Waals surface area (Å²) in [6, 6.07) is 1.81. The van der Waals surface area contributed by atoms with E-state index in [4.69, 9.17) is 0 Å². The SMILES string of the molecule is CCn1nc(C)cc1C(=O)N(C)C. The molecule has 0 N–H and O–H groups in total. The van der Waals surface area contributed by atoms with Crippen LogP contribution in [0.15, 0.2) is 6.07 Å². The van der Waals surface area contributed by atoms with Gasteiger partial charge in [0.15, 0.2) is 0 Å². The number of carbonyl (C=O) groups is 1. The van der Waals surface area contributed by atoms with Crippen LogP contribution in [-0.2, 0) is 6.54 Å². The van der Waals surface area contributed by atoms with Crippen LogP contribution < -0.4 is 0 Å². The fourth-order valence-electron chi connectivity index (χ4n) is 1.19. The molecule has 72 valence electrons. The zero-order valence-corrected chi connectivity index (χ0v) is 8.53. The first kappa shape index (κ1) is 9.77. The minimum atomic E-state index is 0.00227. The van der Waals surface area contributed by atoms with Gasteiger partial charge in [0.25, 0.3) is 5.91 Å². The Morgan fingerprint density at radius 3 is 2.69 bits per heavy atom. The highest BCUT2D eigenvalue weighted by Crippen LogP contribution is 2.05. The van der Waals surface area contributed by atoms with Crippen LogP contribution in [-0.4, -0.2) is 34.7 Å². The van der Waals surface area contributed by atoms with Gasteiger partial charge in [0.1, 0.15) is 5.69 Å². The molecule has 1 aromatic rings. The number of hydrogen-bond acceptors (Lipinski definition) is 2. The summed E-state index contributed by atoms with van der Waals surface area (Å²) in [4.78, 5) is 13.2. The first-order valence-electron chi connectivity index (χ1n) is 4.32. The summed E-state index contributed by atoms with van der Waals surface area (Å²) in [6.07, 6.45) is 0. The number of carbonyl (C=O) groups excluding carboxylic acids is 1. The van der Waals surface area contributed by atoms with Gasteiger partial charge in [0.05, 0.1) is 5.69 Å². The first-order valence-corrected chi connectivity index (χ1v) is 4.32. The molecular weight excluding hydrogens is 166 g/mol. The molecule has 0 fully saturated rings. The minimum absolute atomic E-state index is 0.00227. The van der Waals surface area contributed by atoms with Crippen molar-refractivity contribution in [3.05, 3.63) is 17.5 Å². The molecule has 0 unspecified atom stereocenters. The minimum Gasteiger partial charge on any atom is -0.343 e. The van der Waals surface area contributed by atoms with E-state index in [1.807, 2.05) is 19.9 Å². The van der Waals surface area contributed by atoms with Crippen LogP contribution in [0.25, 0.3) is 0 Å². The third-order valence-electron chi connectivity index (χ3n) is 1.83. The van der Waals surface area contributed by atoms with Crippen molar-refractivity contribution in [1.29, 1.82) is 0 Å². The highest BCUT2D eigenvalue weighted by Gasteiger charge is 2.14. The van der Waals surface area contributed by atoms with Crippen LogP contribution in [0.5, 0.6) is 0 Å². The molecule has 1 heterocycles. The maximum absolute atomic E-state index is 11.6. The van der Waals surface area contributed by atoms with Crippen LogP contribution in [0.1, 0.15) is 23.1 Å². The van der Waals surface area contributed by atoms with Gasteiger partial charge in [-0.05, 0) is 19.9 Å². The lowest BCUT2D eigenvalue weighted by Gasteiger charge is -2.10. The molecule has 0 saturated heterocycles. The van der Waals surface area contributed by atoms with E-state index in [1.165, 1.54) is 0 Å². The van der Waals surface area contributed by atoms with E-state index in [0.717, 1.165) is 12.2 Å². The van der Waals surface area contributed by atoms with Crippen molar-refractivity contribution >= 4 is 5.91 Å². The highest BCUT2D eigenvalue weighted by molar-refractivity contribution is 5.92. The second-order valence-electron chi connectivity index (χ2n) is 3.19. The molecule has 0 aliphatic carbocycles. The van der Waals surface area contributed by atoms with Crippen molar-refractivity contribution in [2.24, 2.45) is 0 Å². The first-order chi connectivity index (χ1) is 6.06. The Bertz CT molecular complexity index is 315. The summed E-state index contributed by atoms with van der Waals surface area (Å²) in [6.45, 7) is 4.58. The van der Waals surface area contributed by atoms with Gasteiger partial charge in [-0.15, -0.1) is 0 Å². The molecule has 0 aliphatic heterocycles. The fraction of sp³-hybridized carbons (Fsp3) is 0.556. The third-order valence-corrected chi connectivity index (χ3v) is 1.83. The molecule has 0 bridgehead atoms. The Hall–Kier alpha value is -1.32. The Balaban J connectivity index is 3.05. The van der Waals surface area contributed by atoms with Gasteiger partial charge < -0.3 is 4.90 Å². The molecule has 1 aromatic heterocycles. The standard InChI is InChI=1S/C9H15N3O/c1-5-12-8(6-7(2)10-12)9(13)11(3)4/h6H,5H2,1-4H3. The van der Waals surface area contributed by atoms with Gasteiger partial charge in [0.2, 0.25) is 0 Å². The molecule has 4 nitrogen and oxygen atoms in total. The maximum Gasteiger partial charge on any atom is 0.271 e. The van der Waals surface area contributed by atoms with Gasteiger partial charge in [-0.1, -0.05) is 0 Å². The molecular formula is C9H15N3O. The van der Waals surface area contributed by atoms with Crippen LogP contribution in [0.2, 0.25) is 0 Å². The quantitative estimate of drug-likeness (QED) is 0.680. The van der Waals surface area contributed by atoms with Crippen molar-refractivity contribution in [2.45, 2.75) is 20.4 Å². The summed E-state index contributed by atoms with van der Waals surface area (Å²) in [5.41, 5.74) is 1.54. The molecule has 0 spiro atoms. The molecule has 0 radical (unpaired) electrons. The van der Waals surface area contributed by atoms with Gasteiger partial charge in [-0.2, -0.15) is 5.10 Å². The van der Waals surface area contributed by atoms with Crippen molar-refractivity contribution < 1.29 is 4.79 Å². The van der Waals surface area contributed by atoms with E-state index in [0.29, 0.717) is 5.69 Å². The third kappa shape index (κ3) is 1.88. The van der Waals surface area contributed by atoms with Crippen molar-refractivity contribution in [1.82, 2.24) is 14.7 Å². The lowest BCUT2D eigenvalue weighted by Crippen LogP contribution is -2.24. The zero-order valence-electron chi connectivity index (χ0n) is 8.53. The van der Waals surface area contributed by atoms with Crippen LogP contribution in [0.4, 0.5) is 0 Å². The second-order valence-corrected chi connectivity index (χ2v) is 3.19. The summed E-state index contributed by atoms with van der Waals surface area (Å²) >= 11 is 0. The number of rotatable bonds is 2. The molecule has 1 rings (SSSR count). The molecule has 0 aliphatic rings. The van der Waals surface area contributed by atoms with E-state index in [9.17, 15) is 4.79 Å². The van der Waals surface area contributed by atoms with Gasteiger partial charge in [-0.25, -0.2) is 0 Å². The van der Waals surface area contributed by atoms with Crippen LogP contribution in [0.3, 0.4) is 0 Å². The number of hydrogen-bond donors (Lipinski definition) is 0. The molecule has 4 heteroatoms. The molecule has 0 atom stereocenters. The topological polar surface area (TPSA) is 38.1 Å². The summed E-state index contributed by atoms with van der Waals surface area (Å²) < 4.78 is 1.72. The van der Waals surface area contributed by atoms with Crippen molar-refractivity contribution in [3.63, 3.8) is 0 Å². The van der Waals surface area contributed by atoms with Crippen LogP contribution in [0, 0.1) is 6.92 Å². The highest BCUT2D eigenvalue weighted by atomic mass is 16.2. The number of amides is 1. The van der Waals surface area contributed by atoms with Gasteiger partial charge >= 0.3 is 0 Å². The predicted octanol–water partition coefficient (Wildman–Crippen LogP) is 0.913. The predicted molar refractivity (Wildman–Crippen MR) is 50.7 cm³/mol. The lowest BCUT2D eigenvalue weighted by atomic mass is 10.3. The van der Waals surface area contributed by atoms with Crippen molar-refractivity contribution in [3.8, 4) is 0 Å². The monoisotopic (exact) mass is 181 g/mol. The van der Waals surface area contributed by atoms with E-state index < -0.39 is 0 Å². The lowest BCUT2D eigenvalue weighted by molar-refractivity contribution is 0.0815. The fourth-order valence-corrected chi connectivity index (χ4v) is 1.19. The van der Waals surface area contributed by atoms with E-state index in [1.54, 1.807) is 23.7 Å². The Morgan fingerprint density at radius 2 is 2.23 bits per heavy atom. The Kier molecular flexibility index (Phi) is 2.70. The average Bonchev–Trinajstić information content (AvgIpc) is 2.45. The second kappa shape index (κ2) is 3.60. The Labute approximate surface area is 78.1 Å². The van der Waals surface area contributed by atoms with Crippen LogP contribution >= 0.6 is 0 Å². The Morgan fingerprint density at radius 1 is 1.62 bits per heavy atom. The zero-order chi connectivity index (χ0) is 10.0. The number of nitrogens with zero attached hydrogens (tertiary/aromatic N) is 3. The summed E-state index contributed by atoms with van der Waals surface area (Å²) in [7, 11) is 3.48. The number of aryl methyl sites for hydroxylation is 2.